The predicted octanol–water partition coefficient (Wildman–Crippen LogP) is 0.303. The van der Waals surface area contributed by atoms with E-state index in [2.05, 4.69) is 0 Å². The van der Waals surface area contributed by atoms with Crippen molar-refractivity contribution in [1.82, 2.24) is 5.32 Å². The molecular weight excluding hydrogens is 212 g/mol. The maximum Gasteiger partial charge on any atom is 0.318 e. The summed E-state index contributed by atoms with van der Waals surface area (Å²) in [6.07, 6.45) is 2.66. The van der Waals surface area contributed by atoms with Crippen LogP contribution in [-0.2, 0) is 14.3 Å². The van der Waals surface area contributed by atoms with Crippen LogP contribution in [0.5, 0.6) is 0 Å². The van der Waals surface area contributed by atoms with Crippen LogP contribution in [0.2, 0.25) is 0 Å². The fraction of sp³-hybridized carbons (Fsp3) is 0.700. The molecule has 0 radical (unpaired) electrons. The van der Waals surface area contributed by atoms with Crippen molar-refractivity contribution in [3.8, 4) is 0 Å². The number of nitrogens with one attached hydrogen (secondary N) is 1. The zero-order chi connectivity index (χ0) is 12.1. The second kappa shape index (κ2) is 5.48. The molecule has 16 heavy (non-hydrogen) atoms. The minimum atomic E-state index is -0.986. The van der Waals surface area contributed by atoms with Crippen LogP contribution in [0.15, 0.2) is 0 Å². The molecule has 1 saturated carbocycles. The van der Waals surface area contributed by atoms with Crippen molar-refractivity contribution in [3.05, 3.63) is 0 Å². The van der Waals surface area contributed by atoms with E-state index in [1.54, 1.807) is 0 Å². The summed E-state index contributed by atoms with van der Waals surface area (Å²) >= 11 is 0. The molecule has 90 valence electrons. The van der Waals surface area contributed by atoms with Crippen molar-refractivity contribution in [3.63, 3.8) is 0 Å². The Morgan fingerprint density at radius 2 is 1.88 bits per heavy atom. The third-order valence-corrected chi connectivity index (χ3v) is 2.60. The van der Waals surface area contributed by atoms with Crippen molar-refractivity contribution in [2.75, 3.05) is 0 Å². The van der Waals surface area contributed by atoms with Crippen LogP contribution in [0.3, 0.4) is 0 Å². The van der Waals surface area contributed by atoms with Crippen LogP contribution in [0.25, 0.3) is 0 Å². The van der Waals surface area contributed by atoms with Gasteiger partial charge in [0.05, 0.1) is 5.92 Å². The molecule has 3 N–H and O–H groups in total. The number of esters is 1. The Kier molecular flexibility index (Phi) is 4.28. The van der Waals surface area contributed by atoms with E-state index in [1.807, 2.05) is 5.32 Å². The van der Waals surface area contributed by atoms with E-state index in [-0.39, 0.29) is 11.9 Å². The van der Waals surface area contributed by atoms with Gasteiger partial charge < -0.3 is 10.5 Å². The van der Waals surface area contributed by atoms with E-state index in [0.29, 0.717) is 0 Å². The number of amides is 3. The zero-order valence-electron chi connectivity index (χ0n) is 9.19. The van der Waals surface area contributed by atoms with E-state index in [1.165, 1.54) is 6.92 Å². The molecule has 6 nitrogen and oxygen atoms in total. The standard InChI is InChI=1S/C10H16N2O4/c1-6(8(13)12-10(11)15)16-9(14)7-4-2-3-5-7/h6-7H,2-5H2,1H3,(H3,11,12,13,15)/t6-/m0/s1. The smallest absolute Gasteiger partial charge is 0.318 e. The molecule has 3 amide bonds. The van der Waals surface area contributed by atoms with Crippen molar-refractivity contribution in [1.29, 1.82) is 0 Å². The average Bonchev–Trinajstić information content (AvgIpc) is 2.68. The van der Waals surface area contributed by atoms with Crippen LogP contribution in [0.1, 0.15) is 32.6 Å². The highest BCUT2D eigenvalue weighted by atomic mass is 16.5. The molecule has 6 heteroatoms. The van der Waals surface area contributed by atoms with Crippen molar-refractivity contribution in [2.45, 2.75) is 38.7 Å². The molecule has 0 aromatic heterocycles. The van der Waals surface area contributed by atoms with Gasteiger partial charge in [0, 0.05) is 0 Å². The van der Waals surface area contributed by atoms with Gasteiger partial charge in [0.1, 0.15) is 0 Å². The molecule has 0 unspecified atom stereocenters. The summed E-state index contributed by atoms with van der Waals surface area (Å²) in [4.78, 5) is 33.1. The number of hydrogen-bond donors (Lipinski definition) is 2. The van der Waals surface area contributed by atoms with E-state index in [9.17, 15) is 14.4 Å². The second-order valence-electron chi connectivity index (χ2n) is 3.91. The molecule has 1 atom stereocenters. The summed E-state index contributed by atoms with van der Waals surface area (Å²) in [5, 5.41) is 1.86. The van der Waals surface area contributed by atoms with Gasteiger partial charge in [-0.05, 0) is 19.8 Å². The lowest BCUT2D eigenvalue weighted by atomic mass is 10.1. The zero-order valence-corrected chi connectivity index (χ0v) is 9.19. The van der Waals surface area contributed by atoms with Gasteiger partial charge >= 0.3 is 12.0 Å². The molecule has 1 fully saturated rings. The van der Waals surface area contributed by atoms with Gasteiger partial charge in [-0.15, -0.1) is 0 Å². The first kappa shape index (κ1) is 12.5. The summed E-state index contributed by atoms with van der Waals surface area (Å²) in [5.74, 6) is -1.17. The normalized spacial score (nSPS) is 17.8. The summed E-state index contributed by atoms with van der Waals surface area (Å²) in [6, 6.07) is -0.950. The Morgan fingerprint density at radius 3 is 2.38 bits per heavy atom. The molecule has 0 bridgehead atoms. The maximum atomic E-state index is 11.5. The van der Waals surface area contributed by atoms with Gasteiger partial charge in [0.25, 0.3) is 5.91 Å². The number of primary amides is 1. The highest BCUT2D eigenvalue weighted by molar-refractivity contribution is 5.96. The van der Waals surface area contributed by atoms with Gasteiger partial charge in [-0.2, -0.15) is 0 Å². The molecule has 0 spiro atoms. The van der Waals surface area contributed by atoms with Gasteiger partial charge in [-0.3, -0.25) is 14.9 Å². The SMILES string of the molecule is C[C@H](OC(=O)C1CCCC1)C(=O)NC(N)=O. The summed E-state index contributed by atoms with van der Waals surface area (Å²) in [7, 11) is 0. The van der Waals surface area contributed by atoms with E-state index in [4.69, 9.17) is 10.5 Å². The van der Waals surface area contributed by atoms with Crippen LogP contribution < -0.4 is 11.1 Å². The molecule has 0 aromatic rings. The molecule has 1 aliphatic rings. The first-order chi connectivity index (χ1) is 7.50. The quantitative estimate of drug-likeness (QED) is 0.679. The van der Waals surface area contributed by atoms with Crippen LogP contribution in [0.4, 0.5) is 4.79 Å². The lowest BCUT2D eigenvalue weighted by Crippen LogP contribution is -2.42. The number of hydrogen-bond acceptors (Lipinski definition) is 4. The highest BCUT2D eigenvalue weighted by Crippen LogP contribution is 2.26. The number of urea groups is 1. The van der Waals surface area contributed by atoms with Gasteiger partial charge in [0.2, 0.25) is 0 Å². The molecule has 1 aliphatic carbocycles. The Bertz CT molecular complexity index is 297. The highest BCUT2D eigenvalue weighted by Gasteiger charge is 2.27. The van der Waals surface area contributed by atoms with Crippen LogP contribution >= 0.6 is 0 Å². The maximum absolute atomic E-state index is 11.5. The first-order valence-corrected chi connectivity index (χ1v) is 5.31. The minimum Gasteiger partial charge on any atom is -0.452 e. The third-order valence-electron chi connectivity index (χ3n) is 2.60. The third kappa shape index (κ3) is 3.52. The largest absolute Gasteiger partial charge is 0.452 e. The van der Waals surface area contributed by atoms with E-state index >= 15 is 0 Å². The van der Waals surface area contributed by atoms with E-state index in [0.717, 1.165) is 25.7 Å². The number of carbonyl (C=O) groups is 3. The summed E-state index contributed by atoms with van der Waals surface area (Å²) < 4.78 is 4.94. The predicted molar refractivity (Wildman–Crippen MR) is 55.2 cm³/mol. The summed E-state index contributed by atoms with van der Waals surface area (Å²) in [6.45, 7) is 1.41. The average molecular weight is 228 g/mol. The molecule has 1 rings (SSSR count). The van der Waals surface area contributed by atoms with Crippen molar-refractivity contribution >= 4 is 17.9 Å². The van der Waals surface area contributed by atoms with E-state index < -0.39 is 18.0 Å². The fourth-order valence-corrected chi connectivity index (χ4v) is 1.71. The van der Waals surface area contributed by atoms with Crippen molar-refractivity contribution in [2.24, 2.45) is 11.7 Å². The first-order valence-electron chi connectivity index (χ1n) is 5.31. The Hall–Kier alpha value is -1.59. The molecule has 0 aliphatic heterocycles. The Morgan fingerprint density at radius 1 is 1.31 bits per heavy atom. The number of rotatable bonds is 3. The van der Waals surface area contributed by atoms with Gasteiger partial charge in [-0.1, -0.05) is 12.8 Å². The molecule has 0 aromatic carbocycles. The minimum absolute atomic E-state index is 0.108. The van der Waals surface area contributed by atoms with Crippen LogP contribution in [0, 0.1) is 5.92 Å². The number of ether oxygens (including phenoxy) is 1. The number of imide groups is 1. The Balaban J connectivity index is 2.37. The lowest BCUT2D eigenvalue weighted by Gasteiger charge is -2.14. The number of nitrogens with two attached hydrogens (primary N) is 1. The fourth-order valence-electron chi connectivity index (χ4n) is 1.71. The molecular formula is C10H16N2O4. The monoisotopic (exact) mass is 228 g/mol. The van der Waals surface area contributed by atoms with Crippen molar-refractivity contribution < 1.29 is 19.1 Å². The van der Waals surface area contributed by atoms with Gasteiger partial charge in [-0.25, -0.2) is 4.79 Å². The van der Waals surface area contributed by atoms with Crippen LogP contribution in [-0.4, -0.2) is 24.0 Å². The molecule has 0 heterocycles. The topological polar surface area (TPSA) is 98.5 Å². The summed E-state index contributed by atoms with van der Waals surface area (Å²) in [5.41, 5.74) is 4.77. The molecule has 0 saturated heterocycles. The second-order valence-corrected chi connectivity index (χ2v) is 3.91. The Labute approximate surface area is 93.5 Å². The number of carbonyl (C=O) groups excluding carboxylic acids is 3. The lowest BCUT2D eigenvalue weighted by molar-refractivity contribution is -0.158. The van der Waals surface area contributed by atoms with Gasteiger partial charge in [0.15, 0.2) is 6.10 Å².